The molecule has 3 rings (SSSR count). The molecule has 2 amide bonds. The SMILES string of the molecule is CCOc1ccccc1NC(=O)NCCc1c(C)nn(-c2ccccn2)c1C. The molecule has 2 aromatic heterocycles. The summed E-state index contributed by atoms with van der Waals surface area (Å²) in [5, 5.41) is 10.3. The minimum Gasteiger partial charge on any atom is -0.492 e. The highest BCUT2D eigenvalue weighted by atomic mass is 16.5. The number of benzene rings is 1. The molecule has 0 atom stereocenters. The van der Waals surface area contributed by atoms with Gasteiger partial charge in [0.15, 0.2) is 5.82 Å². The summed E-state index contributed by atoms with van der Waals surface area (Å²) in [5.41, 5.74) is 3.73. The van der Waals surface area contributed by atoms with E-state index in [9.17, 15) is 4.79 Å². The quantitative estimate of drug-likeness (QED) is 0.657. The Kier molecular flexibility index (Phi) is 6.26. The minimum absolute atomic E-state index is 0.264. The van der Waals surface area contributed by atoms with E-state index in [1.807, 2.05) is 67.9 Å². The van der Waals surface area contributed by atoms with Crippen LogP contribution in [-0.4, -0.2) is 33.9 Å². The van der Waals surface area contributed by atoms with Crippen LogP contribution >= 0.6 is 0 Å². The van der Waals surface area contributed by atoms with Gasteiger partial charge < -0.3 is 15.4 Å². The number of ether oxygens (including phenoxy) is 1. The highest BCUT2D eigenvalue weighted by Gasteiger charge is 2.14. The fourth-order valence-corrected chi connectivity index (χ4v) is 3.06. The van der Waals surface area contributed by atoms with Gasteiger partial charge in [-0.1, -0.05) is 18.2 Å². The molecular formula is C21H25N5O2. The number of para-hydroxylation sites is 2. The molecule has 0 radical (unpaired) electrons. The first-order valence-electron chi connectivity index (χ1n) is 9.33. The Morgan fingerprint density at radius 3 is 2.68 bits per heavy atom. The van der Waals surface area contributed by atoms with Crippen molar-refractivity contribution in [2.75, 3.05) is 18.5 Å². The fraction of sp³-hybridized carbons (Fsp3) is 0.286. The van der Waals surface area contributed by atoms with E-state index in [1.54, 1.807) is 6.20 Å². The van der Waals surface area contributed by atoms with E-state index in [4.69, 9.17) is 4.74 Å². The predicted octanol–water partition coefficient (Wildman–Crippen LogP) is 3.65. The lowest BCUT2D eigenvalue weighted by molar-refractivity contribution is 0.252. The molecule has 146 valence electrons. The number of amides is 2. The zero-order valence-electron chi connectivity index (χ0n) is 16.4. The number of hydrogen-bond donors (Lipinski definition) is 2. The van der Waals surface area contributed by atoms with Crippen LogP contribution in [0, 0.1) is 13.8 Å². The Labute approximate surface area is 164 Å². The van der Waals surface area contributed by atoms with Gasteiger partial charge in [-0.2, -0.15) is 5.10 Å². The minimum atomic E-state index is -0.264. The Bertz CT molecular complexity index is 937. The number of anilines is 1. The van der Waals surface area contributed by atoms with Crippen molar-refractivity contribution in [3.05, 3.63) is 65.6 Å². The Morgan fingerprint density at radius 2 is 1.93 bits per heavy atom. The summed E-state index contributed by atoms with van der Waals surface area (Å²) in [7, 11) is 0. The van der Waals surface area contributed by atoms with Crippen LogP contribution in [0.25, 0.3) is 5.82 Å². The standard InChI is InChI=1S/C21H25N5O2/c1-4-28-19-10-6-5-9-18(19)24-21(27)23-14-12-17-15(2)25-26(16(17)3)20-11-7-8-13-22-20/h5-11,13H,4,12,14H2,1-3H3,(H2,23,24,27). The van der Waals surface area contributed by atoms with Crippen molar-refractivity contribution < 1.29 is 9.53 Å². The number of aryl methyl sites for hydroxylation is 1. The second-order valence-electron chi connectivity index (χ2n) is 6.31. The average Bonchev–Trinajstić information content (AvgIpc) is 2.98. The lowest BCUT2D eigenvalue weighted by Crippen LogP contribution is -2.30. The van der Waals surface area contributed by atoms with E-state index >= 15 is 0 Å². The largest absolute Gasteiger partial charge is 0.492 e. The topological polar surface area (TPSA) is 81.1 Å². The lowest BCUT2D eigenvalue weighted by Gasteiger charge is -2.12. The van der Waals surface area contributed by atoms with Crippen molar-refractivity contribution in [3.63, 3.8) is 0 Å². The molecule has 0 bridgehead atoms. The summed E-state index contributed by atoms with van der Waals surface area (Å²) in [6, 6.07) is 12.8. The number of nitrogens with one attached hydrogen (secondary N) is 2. The van der Waals surface area contributed by atoms with Gasteiger partial charge in [-0.3, -0.25) is 0 Å². The fourth-order valence-electron chi connectivity index (χ4n) is 3.06. The number of nitrogens with zero attached hydrogens (tertiary/aromatic N) is 3. The van der Waals surface area contributed by atoms with E-state index in [1.165, 1.54) is 0 Å². The van der Waals surface area contributed by atoms with Gasteiger partial charge in [0.1, 0.15) is 5.75 Å². The molecule has 0 aliphatic carbocycles. The number of hydrogen-bond acceptors (Lipinski definition) is 4. The molecule has 0 spiro atoms. The normalized spacial score (nSPS) is 10.5. The molecule has 0 aliphatic rings. The second-order valence-corrected chi connectivity index (χ2v) is 6.31. The summed E-state index contributed by atoms with van der Waals surface area (Å²) in [4.78, 5) is 16.6. The molecule has 0 unspecified atom stereocenters. The number of carbonyl (C=O) groups excluding carboxylic acids is 1. The van der Waals surface area contributed by atoms with Gasteiger partial charge in [0, 0.05) is 18.4 Å². The zero-order valence-corrected chi connectivity index (χ0v) is 16.4. The van der Waals surface area contributed by atoms with Crippen LogP contribution < -0.4 is 15.4 Å². The van der Waals surface area contributed by atoms with Gasteiger partial charge >= 0.3 is 6.03 Å². The monoisotopic (exact) mass is 379 g/mol. The summed E-state index contributed by atoms with van der Waals surface area (Å²) < 4.78 is 7.36. The molecule has 28 heavy (non-hydrogen) atoms. The predicted molar refractivity (Wildman–Crippen MR) is 109 cm³/mol. The second kappa shape index (κ2) is 9.03. The Morgan fingerprint density at radius 1 is 1.14 bits per heavy atom. The number of aromatic nitrogens is 3. The number of pyridine rings is 1. The summed E-state index contributed by atoms with van der Waals surface area (Å²) in [6.07, 6.45) is 2.43. The maximum Gasteiger partial charge on any atom is 0.319 e. The summed E-state index contributed by atoms with van der Waals surface area (Å²) in [6.45, 7) is 6.94. The average molecular weight is 379 g/mol. The third-order valence-corrected chi connectivity index (χ3v) is 4.40. The van der Waals surface area contributed by atoms with Crippen LogP contribution in [0.1, 0.15) is 23.9 Å². The van der Waals surface area contributed by atoms with Crippen LogP contribution in [0.4, 0.5) is 10.5 Å². The molecular weight excluding hydrogens is 354 g/mol. The molecule has 3 aromatic rings. The number of rotatable bonds is 7. The molecule has 7 nitrogen and oxygen atoms in total. The van der Waals surface area contributed by atoms with Gasteiger partial charge in [0.25, 0.3) is 0 Å². The van der Waals surface area contributed by atoms with Crippen LogP contribution in [0.3, 0.4) is 0 Å². The number of carbonyl (C=O) groups is 1. The first-order valence-corrected chi connectivity index (χ1v) is 9.33. The molecule has 0 saturated carbocycles. The van der Waals surface area contributed by atoms with Crippen LogP contribution in [0.2, 0.25) is 0 Å². The van der Waals surface area contributed by atoms with Crippen LogP contribution in [0.15, 0.2) is 48.7 Å². The summed E-state index contributed by atoms with van der Waals surface area (Å²) >= 11 is 0. The van der Waals surface area contributed by atoms with Crippen molar-refractivity contribution in [1.82, 2.24) is 20.1 Å². The lowest BCUT2D eigenvalue weighted by atomic mass is 10.1. The van der Waals surface area contributed by atoms with E-state index < -0.39 is 0 Å². The maximum atomic E-state index is 12.2. The maximum absolute atomic E-state index is 12.2. The van der Waals surface area contributed by atoms with Gasteiger partial charge in [0.2, 0.25) is 0 Å². The molecule has 1 aromatic carbocycles. The van der Waals surface area contributed by atoms with Crippen molar-refractivity contribution in [3.8, 4) is 11.6 Å². The third-order valence-electron chi connectivity index (χ3n) is 4.40. The Hall–Kier alpha value is -3.35. The van der Waals surface area contributed by atoms with Crippen LogP contribution in [0.5, 0.6) is 5.75 Å². The third kappa shape index (κ3) is 4.49. The van der Waals surface area contributed by atoms with Crippen LogP contribution in [-0.2, 0) is 6.42 Å². The first-order chi connectivity index (χ1) is 13.6. The molecule has 2 N–H and O–H groups in total. The molecule has 2 heterocycles. The van der Waals surface area contributed by atoms with E-state index in [0.29, 0.717) is 31.0 Å². The molecule has 0 aliphatic heterocycles. The van der Waals surface area contributed by atoms with Crippen molar-refractivity contribution >= 4 is 11.7 Å². The molecule has 7 heteroatoms. The summed E-state index contributed by atoms with van der Waals surface area (Å²) in [5.74, 6) is 1.44. The van der Waals surface area contributed by atoms with E-state index in [-0.39, 0.29) is 6.03 Å². The Balaban J connectivity index is 1.60. The first kappa shape index (κ1) is 19.4. The van der Waals surface area contributed by atoms with Gasteiger partial charge in [-0.25, -0.2) is 14.5 Å². The van der Waals surface area contributed by atoms with Gasteiger partial charge in [0.05, 0.1) is 18.0 Å². The smallest absolute Gasteiger partial charge is 0.319 e. The van der Waals surface area contributed by atoms with Crippen molar-refractivity contribution in [2.24, 2.45) is 0 Å². The van der Waals surface area contributed by atoms with E-state index in [0.717, 1.165) is 22.8 Å². The van der Waals surface area contributed by atoms with Crippen molar-refractivity contribution in [1.29, 1.82) is 0 Å². The van der Waals surface area contributed by atoms with Crippen molar-refractivity contribution in [2.45, 2.75) is 27.2 Å². The van der Waals surface area contributed by atoms with Gasteiger partial charge in [-0.05, 0) is 57.0 Å². The van der Waals surface area contributed by atoms with Gasteiger partial charge in [-0.15, -0.1) is 0 Å². The molecule has 0 fully saturated rings. The highest BCUT2D eigenvalue weighted by Crippen LogP contribution is 2.23. The van der Waals surface area contributed by atoms with E-state index in [2.05, 4.69) is 20.7 Å². The zero-order chi connectivity index (χ0) is 19.9. The molecule has 0 saturated heterocycles. The number of urea groups is 1. The highest BCUT2D eigenvalue weighted by molar-refractivity contribution is 5.90.